The molecule has 2 heterocycles. The van der Waals surface area contributed by atoms with Crippen molar-refractivity contribution in [1.82, 2.24) is 14.9 Å². The molecule has 6 heteroatoms. The summed E-state index contributed by atoms with van der Waals surface area (Å²) in [6, 6.07) is 7.77. The maximum atomic E-state index is 13.4. The largest absolute Gasteiger partial charge is 0.311 e. The van der Waals surface area contributed by atoms with Crippen molar-refractivity contribution in [2.45, 2.75) is 70.0 Å². The van der Waals surface area contributed by atoms with Gasteiger partial charge in [-0.05, 0) is 61.8 Å². The molecular weight excluding hydrogens is 385 g/mol. The lowest BCUT2D eigenvalue weighted by Gasteiger charge is -2.26. The van der Waals surface area contributed by atoms with Crippen molar-refractivity contribution in [3.05, 3.63) is 62.8 Å². The number of fused-ring (bicyclic) bond motifs is 3. The lowest BCUT2D eigenvalue weighted by atomic mass is 9.92. The second-order valence-corrected chi connectivity index (χ2v) is 9.48. The van der Waals surface area contributed by atoms with Crippen LogP contribution < -0.4 is 10.9 Å². The van der Waals surface area contributed by atoms with Gasteiger partial charge < -0.3 is 5.32 Å². The number of hydrogen-bond acceptors (Lipinski definition) is 4. The van der Waals surface area contributed by atoms with Gasteiger partial charge in [0, 0.05) is 23.5 Å². The van der Waals surface area contributed by atoms with Crippen LogP contribution in [0.2, 0.25) is 0 Å². The van der Waals surface area contributed by atoms with Gasteiger partial charge >= 0.3 is 0 Å². The highest BCUT2D eigenvalue weighted by atomic mass is 32.1. The lowest BCUT2D eigenvalue weighted by Crippen LogP contribution is -2.40. The van der Waals surface area contributed by atoms with E-state index in [0.29, 0.717) is 25.0 Å². The number of aryl methyl sites for hydroxylation is 3. The van der Waals surface area contributed by atoms with E-state index in [9.17, 15) is 9.18 Å². The van der Waals surface area contributed by atoms with Crippen LogP contribution in [-0.2, 0) is 25.8 Å². The molecule has 152 valence electrons. The molecule has 29 heavy (non-hydrogen) atoms. The average Bonchev–Trinajstić information content (AvgIpc) is 3.35. The van der Waals surface area contributed by atoms with E-state index in [-0.39, 0.29) is 11.4 Å². The van der Waals surface area contributed by atoms with Crippen molar-refractivity contribution in [2.24, 2.45) is 0 Å². The molecule has 1 N–H and O–H groups in total. The van der Waals surface area contributed by atoms with Crippen molar-refractivity contribution >= 4 is 21.6 Å². The van der Waals surface area contributed by atoms with Gasteiger partial charge in [0.2, 0.25) is 0 Å². The number of hydrogen-bond donors (Lipinski definition) is 1. The first-order chi connectivity index (χ1) is 14.2. The molecule has 2 aromatic heterocycles. The van der Waals surface area contributed by atoms with Crippen LogP contribution in [-0.4, -0.2) is 21.6 Å². The number of halogens is 1. The Labute approximate surface area is 173 Å². The van der Waals surface area contributed by atoms with E-state index in [1.807, 2.05) is 6.07 Å². The Morgan fingerprint density at radius 3 is 2.90 bits per heavy atom. The molecule has 1 aromatic carbocycles. The molecule has 0 unspecified atom stereocenters. The number of rotatable bonds is 5. The molecule has 0 amide bonds. The molecule has 4 nitrogen and oxygen atoms in total. The molecule has 0 spiro atoms. The summed E-state index contributed by atoms with van der Waals surface area (Å²) in [6.07, 6.45) is 10.6. The van der Waals surface area contributed by atoms with Crippen molar-refractivity contribution < 1.29 is 4.39 Å². The summed E-state index contributed by atoms with van der Waals surface area (Å²) >= 11 is 1.69. The summed E-state index contributed by atoms with van der Waals surface area (Å²) in [7, 11) is 0. The summed E-state index contributed by atoms with van der Waals surface area (Å²) in [5.41, 5.74) is 2.16. The van der Waals surface area contributed by atoms with Crippen molar-refractivity contribution in [1.29, 1.82) is 0 Å². The minimum absolute atomic E-state index is 0.0473. The zero-order valence-corrected chi connectivity index (χ0v) is 17.3. The summed E-state index contributed by atoms with van der Waals surface area (Å²) < 4.78 is 15.1. The molecule has 0 saturated heterocycles. The third-order valence-corrected chi connectivity index (χ3v) is 7.56. The third kappa shape index (κ3) is 3.88. The number of benzene rings is 1. The van der Waals surface area contributed by atoms with Gasteiger partial charge in [-0.15, -0.1) is 11.3 Å². The normalized spacial score (nSPS) is 19.7. The Morgan fingerprint density at radius 2 is 2.07 bits per heavy atom. The molecule has 3 aromatic rings. The van der Waals surface area contributed by atoms with Gasteiger partial charge in [0.25, 0.3) is 5.56 Å². The molecule has 0 aliphatic heterocycles. The predicted octanol–water partition coefficient (Wildman–Crippen LogP) is 4.23. The zero-order valence-electron chi connectivity index (χ0n) is 16.5. The second kappa shape index (κ2) is 8.00. The molecule has 0 bridgehead atoms. The van der Waals surface area contributed by atoms with Crippen molar-refractivity contribution in [3.8, 4) is 0 Å². The number of thiophene rings is 1. The Kier molecular flexibility index (Phi) is 5.22. The van der Waals surface area contributed by atoms with Crippen molar-refractivity contribution in [3.63, 3.8) is 0 Å². The van der Waals surface area contributed by atoms with E-state index in [4.69, 9.17) is 0 Å². The van der Waals surface area contributed by atoms with Crippen molar-refractivity contribution in [2.75, 3.05) is 0 Å². The molecule has 2 aliphatic rings. The first kappa shape index (κ1) is 18.9. The molecule has 0 radical (unpaired) electrons. The van der Waals surface area contributed by atoms with Gasteiger partial charge in [-0.3, -0.25) is 9.36 Å². The molecule has 1 fully saturated rings. The van der Waals surface area contributed by atoms with Crippen LogP contribution in [0, 0.1) is 5.82 Å². The summed E-state index contributed by atoms with van der Waals surface area (Å²) in [6.45, 7) is 0.516. The standard InChI is InChI=1S/C23H26FN3OS/c24-16-5-3-4-15(12-16)10-11-27-14-25-22-21(23(27)28)19-9-8-18(13-20(19)29-22)26-17-6-1-2-7-17/h3-5,12,14,17-18,26H,1-2,6-11,13H2/t18-/m0/s1. The maximum absolute atomic E-state index is 13.4. The minimum Gasteiger partial charge on any atom is -0.311 e. The quantitative estimate of drug-likeness (QED) is 0.684. The van der Waals surface area contributed by atoms with Gasteiger partial charge in [-0.25, -0.2) is 9.37 Å². The SMILES string of the molecule is O=c1c2c3c(sc2ncn1CCc1cccc(F)c1)C[C@@H](NC1CCCC1)CC3. The fraction of sp³-hybridized carbons (Fsp3) is 0.478. The van der Waals surface area contributed by atoms with Crippen LogP contribution in [0.4, 0.5) is 4.39 Å². The number of nitrogens with one attached hydrogen (secondary N) is 1. The van der Waals surface area contributed by atoms with E-state index < -0.39 is 0 Å². The van der Waals surface area contributed by atoms with Crippen LogP contribution >= 0.6 is 11.3 Å². The fourth-order valence-electron chi connectivity index (χ4n) is 4.87. The van der Waals surface area contributed by atoms with Crippen LogP contribution in [0.5, 0.6) is 0 Å². The summed E-state index contributed by atoms with van der Waals surface area (Å²) in [5.74, 6) is -0.240. The van der Waals surface area contributed by atoms with Gasteiger partial charge in [0.1, 0.15) is 10.6 Å². The first-order valence-corrected chi connectivity index (χ1v) is 11.5. The highest BCUT2D eigenvalue weighted by molar-refractivity contribution is 7.18. The number of nitrogens with zero attached hydrogens (tertiary/aromatic N) is 2. The minimum atomic E-state index is -0.240. The Bertz CT molecular complexity index is 1080. The van der Waals surface area contributed by atoms with Crippen LogP contribution in [0.15, 0.2) is 35.4 Å². The topological polar surface area (TPSA) is 46.9 Å². The van der Waals surface area contributed by atoms with Crippen LogP contribution in [0.25, 0.3) is 10.2 Å². The molecule has 5 rings (SSSR count). The van der Waals surface area contributed by atoms with E-state index in [0.717, 1.165) is 35.0 Å². The summed E-state index contributed by atoms with van der Waals surface area (Å²) in [5, 5.41) is 4.66. The van der Waals surface area contributed by atoms with E-state index in [2.05, 4.69) is 10.3 Å². The molecule has 1 atom stereocenters. The smallest absolute Gasteiger partial charge is 0.262 e. The monoisotopic (exact) mass is 411 g/mol. The molecule has 1 saturated carbocycles. The molecule has 2 aliphatic carbocycles. The van der Waals surface area contributed by atoms with Crippen LogP contribution in [0.1, 0.15) is 48.1 Å². The second-order valence-electron chi connectivity index (χ2n) is 8.39. The van der Waals surface area contributed by atoms with E-state index in [1.54, 1.807) is 28.3 Å². The average molecular weight is 412 g/mol. The highest BCUT2D eigenvalue weighted by Crippen LogP contribution is 2.34. The lowest BCUT2D eigenvalue weighted by molar-refractivity contribution is 0.399. The Hall–Kier alpha value is -2.05. The van der Waals surface area contributed by atoms with E-state index in [1.165, 1.54) is 48.3 Å². The Morgan fingerprint density at radius 1 is 1.21 bits per heavy atom. The maximum Gasteiger partial charge on any atom is 0.262 e. The summed E-state index contributed by atoms with van der Waals surface area (Å²) in [4.78, 5) is 19.9. The zero-order chi connectivity index (χ0) is 19.8. The van der Waals surface area contributed by atoms with Gasteiger partial charge in [0.05, 0.1) is 11.7 Å². The number of aromatic nitrogens is 2. The highest BCUT2D eigenvalue weighted by Gasteiger charge is 2.27. The first-order valence-electron chi connectivity index (χ1n) is 10.7. The van der Waals surface area contributed by atoms with Gasteiger partial charge in [0.15, 0.2) is 0 Å². The third-order valence-electron chi connectivity index (χ3n) is 6.39. The van der Waals surface area contributed by atoms with Gasteiger partial charge in [-0.2, -0.15) is 0 Å². The Balaban J connectivity index is 1.36. The molecular formula is C23H26FN3OS. The fourth-order valence-corrected chi connectivity index (χ4v) is 6.13. The van der Waals surface area contributed by atoms with E-state index >= 15 is 0 Å². The predicted molar refractivity (Wildman–Crippen MR) is 115 cm³/mol. The van der Waals surface area contributed by atoms with Crippen LogP contribution in [0.3, 0.4) is 0 Å². The van der Waals surface area contributed by atoms with Gasteiger partial charge in [-0.1, -0.05) is 25.0 Å².